The largest absolute Gasteiger partial charge is 1.00 e. The molecule has 0 rings (SSSR count). The van der Waals surface area contributed by atoms with Crippen LogP contribution >= 0.6 is 46.4 Å². The predicted molar refractivity (Wildman–Crippen MR) is 38.9 cm³/mol. The smallest absolute Gasteiger partial charge is 0.547 e. The molecular weight excluding hydrogens is 300 g/mol. The van der Waals surface area contributed by atoms with E-state index in [1.54, 1.807) is 0 Å². The van der Waals surface area contributed by atoms with E-state index in [0.717, 1.165) is 0 Å². The number of alkyl halides is 4. The Morgan fingerprint density at radius 3 is 1.00 bits per heavy atom. The van der Waals surface area contributed by atoms with E-state index in [1.807, 2.05) is 0 Å². The van der Waals surface area contributed by atoms with Gasteiger partial charge < -0.3 is 19.8 Å². The maximum Gasteiger partial charge on any atom is 1.00 e. The molecule has 0 aliphatic carbocycles. The van der Waals surface area contributed by atoms with Crippen molar-refractivity contribution in [1.29, 1.82) is 0 Å². The molecule has 0 unspecified atom stereocenters. The second kappa shape index (κ2) is 7.43. The van der Waals surface area contributed by atoms with Gasteiger partial charge in [-0.2, -0.15) is 0 Å². The van der Waals surface area contributed by atoms with Crippen LogP contribution in [-0.2, 0) is 9.59 Å². The maximum absolute atomic E-state index is 10.1. The number of carbonyl (C=O) groups is 2. The zero-order valence-corrected chi connectivity index (χ0v) is 14.2. The number of carboxylic acid groups (broad SMARTS) is 2. The van der Waals surface area contributed by atoms with Gasteiger partial charge >= 0.3 is 59.1 Å². The van der Waals surface area contributed by atoms with Crippen LogP contribution in [0.3, 0.4) is 0 Å². The third kappa shape index (κ3) is 4.53. The quantitative estimate of drug-likeness (QED) is 0.383. The van der Waals surface area contributed by atoms with Crippen molar-refractivity contribution in [1.82, 2.24) is 0 Å². The van der Waals surface area contributed by atoms with Gasteiger partial charge in [0.25, 0.3) is 0 Å². The number of aliphatic carboxylic acids is 2. The molecule has 0 aliphatic heterocycles. The minimum absolute atomic E-state index is 0. The summed E-state index contributed by atoms with van der Waals surface area (Å²) in [7, 11) is 0. The summed E-state index contributed by atoms with van der Waals surface area (Å²) in [6, 6.07) is 0. The Kier molecular flexibility index (Phi) is 11.4. The molecule has 0 radical (unpaired) electrons. The summed E-state index contributed by atoms with van der Waals surface area (Å²) < 4.78 is -5.93. The van der Waals surface area contributed by atoms with Crippen LogP contribution in [0.5, 0.6) is 0 Å². The standard InChI is InChI=1S/C4H2Cl4O4.2Na/c5-3(6,1(9)10)4(7,8)2(11)12;;/h(H,9,10)(H,11,12);;/q;2*+1/p-2. The van der Waals surface area contributed by atoms with Crippen LogP contribution in [0, 0.1) is 0 Å². The van der Waals surface area contributed by atoms with Crippen LogP contribution in [0.25, 0.3) is 0 Å². The number of rotatable bonds is 3. The second-order valence-corrected chi connectivity index (χ2v) is 4.38. The zero-order valence-electron chi connectivity index (χ0n) is 7.14. The van der Waals surface area contributed by atoms with E-state index in [2.05, 4.69) is 0 Å². The molecule has 0 fully saturated rings. The van der Waals surface area contributed by atoms with Crippen molar-refractivity contribution in [2.75, 3.05) is 0 Å². The molecule has 0 spiro atoms. The number of carbonyl (C=O) groups excluding carboxylic acids is 2. The van der Waals surface area contributed by atoms with Crippen molar-refractivity contribution in [2.24, 2.45) is 0 Å². The van der Waals surface area contributed by atoms with E-state index in [0.29, 0.717) is 0 Å². The van der Waals surface area contributed by atoms with Gasteiger partial charge in [0.15, 0.2) is 8.67 Å². The Hall–Kier alpha value is 2.10. The van der Waals surface area contributed by atoms with E-state index in [1.165, 1.54) is 0 Å². The van der Waals surface area contributed by atoms with Crippen LogP contribution in [0.4, 0.5) is 0 Å². The molecule has 0 amide bonds. The van der Waals surface area contributed by atoms with Gasteiger partial charge in [0.2, 0.25) is 0 Å². The van der Waals surface area contributed by atoms with Crippen molar-refractivity contribution in [2.45, 2.75) is 8.67 Å². The molecule has 70 valence electrons. The molecule has 14 heavy (non-hydrogen) atoms. The van der Waals surface area contributed by atoms with E-state index in [9.17, 15) is 19.8 Å². The fourth-order valence-corrected chi connectivity index (χ4v) is 0.565. The predicted octanol–water partition coefficient (Wildman–Crippen LogP) is -7.16. The monoisotopic (exact) mass is 298 g/mol. The Balaban J connectivity index is -0.000000605. The second-order valence-electron chi connectivity index (χ2n) is 1.72. The molecule has 0 aromatic rings. The molecular formula is C4Cl4Na2O4. The summed E-state index contributed by atoms with van der Waals surface area (Å²) in [5, 5.41) is 20.3. The van der Waals surface area contributed by atoms with Gasteiger partial charge in [-0.3, -0.25) is 0 Å². The first-order valence-electron chi connectivity index (χ1n) is 2.32. The molecule has 4 nitrogen and oxygen atoms in total. The van der Waals surface area contributed by atoms with Crippen LogP contribution in [-0.4, -0.2) is 20.6 Å². The summed E-state index contributed by atoms with van der Waals surface area (Å²) in [5.41, 5.74) is 0. The third-order valence-electron chi connectivity index (χ3n) is 0.907. The topological polar surface area (TPSA) is 80.3 Å². The average molecular weight is 300 g/mol. The normalized spacial score (nSPS) is 10.9. The number of halogens is 4. The maximum atomic E-state index is 10.1. The molecule has 0 atom stereocenters. The van der Waals surface area contributed by atoms with Gasteiger partial charge in [-0.15, -0.1) is 0 Å². The molecule has 0 N–H and O–H groups in total. The number of hydrogen-bond donors (Lipinski definition) is 0. The van der Waals surface area contributed by atoms with Crippen LogP contribution < -0.4 is 69.3 Å². The molecule has 0 aromatic carbocycles. The van der Waals surface area contributed by atoms with Gasteiger partial charge in [-0.05, 0) is 0 Å². The molecule has 0 aromatic heterocycles. The first-order valence-corrected chi connectivity index (χ1v) is 3.83. The zero-order chi connectivity index (χ0) is 10.2. The van der Waals surface area contributed by atoms with Gasteiger partial charge in [0, 0.05) is 0 Å². The van der Waals surface area contributed by atoms with Crippen molar-refractivity contribution >= 4 is 58.3 Å². The summed E-state index contributed by atoms with van der Waals surface area (Å²) in [6.07, 6.45) is 0. The molecule has 0 aliphatic rings. The Bertz CT molecular complexity index is 207. The Labute approximate surface area is 144 Å². The SMILES string of the molecule is O=C([O-])C(Cl)(Cl)C(Cl)(Cl)C(=O)[O-].[Na+].[Na+]. The van der Waals surface area contributed by atoms with Gasteiger partial charge in [0.1, 0.15) is 0 Å². The number of carboxylic acids is 2. The molecule has 0 heterocycles. The van der Waals surface area contributed by atoms with Crippen molar-refractivity contribution in [3.63, 3.8) is 0 Å². The van der Waals surface area contributed by atoms with Gasteiger partial charge in [0.05, 0.1) is 11.9 Å². The van der Waals surface area contributed by atoms with Crippen molar-refractivity contribution in [3.05, 3.63) is 0 Å². The van der Waals surface area contributed by atoms with E-state index >= 15 is 0 Å². The van der Waals surface area contributed by atoms with Crippen LogP contribution in [0.15, 0.2) is 0 Å². The minimum atomic E-state index is -2.96. The van der Waals surface area contributed by atoms with Crippen LogP contribution in [0.2, 0.25) is 0 Å². The molecule has 0 saturated carbocycles. The summed E-state index contributed by atoms with van der Waals surface area (Å²) >= 11 is 19.9. The summed E-state index contributed by atoms with van der Waals surface area (Å²) in [4.78, 5) is 20.3. The fourth-order valence-electron chi connectivity index (χ4n) is 0.256. The van der Waals surface area contributed by atoms with Crippen molar-refractivity contribution in [3.8, 4) is 0 Å². The molecule has 10 heteroatoms. The van der Waals surface area contributed by atoms with Gasteiger partial charge in [-0.25, -0.2) is 0 Å². The Morgan fingerprint density at radius 1 is 0.786 bits per heavy atom. The van der Waals surface area contributed by atoms with E-state index in [-0.39, 0.29) is 59.1 Å². The minimum Gasteiger partial charge on any atom is -0.547 e. The van der Waals surface area contributed by atoms with E-state index < -0.39 is 20.6 Å². The third-order valence-corrected chi connectivity index (χ3v) is 3.05. The first-order chi connectivity index (χ1) is 5.14. The number of hydrogen-bond acceptors (Lipinski definition) is 4. The summed E-state index contributed by atoms with van der Waals surface area (Å²) in [6.45, 7) is 0. The summed E-state index contributed by atoms with van der Waals surface area (Å²) in [5.74, 6) is -4.25. The first kappa shape index (κ1) is 21.4. The molecule has 0 bridgehead atoms. The average Bonchev–Trinajstić information content (AvgIpc) is 1.86. The van der Waals surface area contributed by atoms with Crippen molar-refractivity contribution < 1.29 is 78.9 Å². The Morgan fingerprint density at radius 2 is 0.929 bits per heavy atom. The van der Waals surface area contributed by atoms with Gasteiger partial charge in [-0.1, -0.05) is 46.4 Å². The van der Waals surface area contributed by atoms with Crippen LogP contribution in [0.1, 0.15) is 0 Å². The molecule has 0 saturated heterocycles. The van der Waals surface area contributed by atoms with E-state index in [4.69, 9.17) is 46.4 Å². The fraction of sp³-hybridized carbons (Fsp3) is 0.500.